The fourth-order valence-corrected chi connectivity index (χ4v) is 3.10. The molecule has 0 saturated heterocycles. The molecule has 30 heavy (non-hydrogen) atoms. The standard InChI is InChI=1S/C22H23FN4O3/c1-24-22(25-10-8-15-2-7-19-20(12-15)30-14-29-19)26-11-9-18-13-28-21(27-18)16-3-5-17(23)6-4-16/h2-7,12-13H,8-11,14H2,1H3,(H2,24,25,26). The number of aromatic nitrogens is 1. The fraction of sp³-hybridized carbons (Fsp3) is 0.273. The van der Waals surface area contributed by atoms with E-state index in [9.17, 15) is 4.39 Å². The number of nitrogens with one attached hydrogen (secondary N) is 2. The SMILES string of the molecule is CN=C(NCCc1ccc2c(c1)OCO2)NCCc1coc(-c2ccc(F)cc2)n1. The van der Waals surface area contributed by atoms with Crippen molar-refractivity contribution in [3.8, 4) is 23.0 Å². The Balaban J connectivity index is 1.21. The van der Waals surface area contributed by atoms with Gasteiger partial charge in [-0.25, -0.2) is 9.37 Å². The normalized spacial score (nSPS) is 12.8. The fourth-order valence-electron chi connectivity index (χ4n) is 3.10. The van der Waals surface area contributed by atoms with Gasteiger partial charge in [0.15, 0.2) is 17.5 Å². The molecule has 1 aliphatic rings. The van der Waals surface area contributed by atoms with Gasteiger partial charge in [0.1, 0.15) is 12.1 Å². The van der Waals surface area contributed by atoms with Crippen LogP contribution in [0, 0.1) is 5.82 Å². The Morgan fingerprint density at radius 3 is 2.60 bits per heavy atom. The van der Waals surface area contributed by atoms with Crippen LogP contribution in [0.5, 0.6) is 11.5 Å². The minimum atomic E-state index is -0.285. The summed E-state index contributed by atoms with van der Waals surface area (Å²) >= 11 is 0. The molecule has 0 bridgehead atoms. The van der Waals surface area contributed by atoms with Gasteiger partial charge in [-0.15, -0.1) is 0 Å². The van der Waals surface area contributed by atoms with Gasteiger partial charge in [-0.05, 0) is 48.4 Å². The molecule has 0 unspecified atom stereocenters. The zero-order chi connectivity index (χ0) is 20.8. The number of rotatable bonds is 7. The topological polar surface area (TPSA) is 80.9 Å². The molecule has 0 saturated carbocycles. The number of ether oxygens (including phenoxy) is 2. The largest absolute Gasteiger partial charge is 0.454 e. The van der Waals surface area contributed by atoms with E-state index < -0.39 is 0 Å². The van der Waals surface area contributed by atoms with Crippen LogP contribution in [0.3, 0.4) is 0 Å². The Labute approximate surface area is 173 Å². The first-order valence-electron chi connectivity index (χ1n) is 9.74. The monoisotopic (exact) mass is 410 g/mol. The summed E-state index contributed by atoms with van der Waals surface area (Å²) in [6.07, 6.45) is 3.13. The van der Waals surface area contributed by atoms with Crippen LogP contribution in [0.4, 0.5) is 4.39 Å². The van der Waals surface area contributed by atoms with E-state index in [2.05, 4.69) is 20.6 Å². The van der Waals surface area contributed by atoms with Crippen molar-refractivity contribution in [3.63, 3.8) is 0 Å². The second kappa shape index (κ2) is 9.30. The molecule has 0 aliphatic carbocycles. The molecule has 1 aromatic heterocycles. The van der Waals surface area contributed by atoms with Crippen LogP contribution in [0.2, 0.25) is 0 Å². The predicted molar refractivity (Wildman–Crippen MR) is 111 cm³/mol. The van der Waals surface area contributed by atoms with E-state index in [1.54, 1.807) is 25.4 Å². The molecule has 0 radical (unpaired) electrons. The quantitative estimate of drug-likeness (QED) is 0.460. The molecule has 3 aromatic rings. The van der Waals surface area contributed by atoms with Crippen LogP contribution in [0.15, 0.2) is 58.1 Å². The lowest BCUT2D eigenvalue weighted by molar-refractivity contribution is 0.174. The number of oxazole rings is 1. The van der Waals surface area contributed by atoms with Crippen molar-refractivity contribution in [3.05, 3.63) is 65.8 Å². The van der Waals surface area contributed by atoms with Gasteiger partial charge in [-0.2, -0.15) is 0 Å². The molecule has 2 aromatic carbocycles. The number of halogens is 1. The third-order valence-electron chi connectivity index (χ3n) is 4.68. The molecule has 0 spiro atoms. The van der Waals surface area contributed by atoms with E-state index in [0.717, 1.165) is 47.2 Å². The van der Waals surface area contributed by atoms with Gasteiger partial charge >= 0.3 is 0 Å². The average molecular weight is 410 g/mol. The van der Waals surface area contributed by atoms with Gasteiger partial charge in [0.2, 0.25) is 12.7 Å². The molecular formula is C22H23FN4O3. The van der Waals surface area contributed by atoms with Crippen molar-refractivity contribution in [1.82, 2.24) is 15.6 Å². The van der Waals surface area contributed by atoms with Crippen LogP contribution in [0.25, 0.3) is 11.5 Å². The number of benzene rings is 2. The number of guanidine groups is 1. The first-order chi connectivity index (χ1) is 14.7. The molecule has 0 fully saturated rings. The average Bonchev–Trinajstić information content (AvgIpc) is 3.42. The maximum absolute atomic E-state index is 13.0. The summed E-state index contributed by atoms with van der Waals surface area (Å²) in [6.45, 7) is 1.67. The Morgan fingerprint density at radius 2 is 1.80 bits per heavy atom. The zero-order valence-corrected chi connectivity index (χ0v) is 16.7. The van der Waals surface area contributed by atoms with E-state index in [-0.39, 0.29) is 12.6 Å². The van der Waals surface area contributed by atoms with Crippen molar-refractivity contribution in [1.29, 1.82) is 0 Å². The molecule has 2 N–H and O–H groups in total. The van der Waals surface area contributed by atoms with E-state index >= 15 is 0 Å². The lowest BCUT2D eigenvalue weighted by Gasteiger charge is -2.11. The van der Waals surface area contributed by atoms with Crippen molar-refractivity contribution in [2.45, 2.75) is 12.8 Å². The van der Waals surface area contributed by atoms with Gasteiger partial charge in [0.05, 0.1) is 5.69 Å². The van der Waals surface area contributed by atoms with E-state index in [4.69, 9.17) is 13.9 Å². The second-order valence-corrected chi connectivity index (χ2v) is 6.76. The third-order valence-corrected chi connectivity index (χ3v) is 4.68. The first-order valence-corrected chi connectivity index (χ1v) is 9.74. The molecule has 2 heterocycles. The van der Waals surface area contributed by atoms with Crippen LogP contribution >= 0.6 is 0 Å². The number of hydrogen-bond donors (Lipinski definition) is 2. The van der Waals surface area contributed by atoms with Crippen LogP contribution in [-0.2, 0) is 12.8 Å². The summed E-state index contributed by atoms with van der Waals surface area (Å²) in [5, 5.41) is 6.56. The summed E-state index contributed by atoms with van der Waals surface area (Å²) in [4.78, 5) is 8.69. The van der Waals surface area contributed by atoms with Crippen LogP contribution < -0.4 is 20.1 Å². The second-order valence-electron chi connectivity index (χ2n) is 6.76. The molecule has 4 rings (SSSR count). The van der Waals surface area contributed by atoms with Gasteiger partial charge in [0.25, 0.3) is 0 Å². The van der Waals surface area contributed by atoms with Crippen molar-refractivity contribution in [2.24, 2.45) is 4.99 Å². The summed E-state index contributed by atoms with van der Waals surface area (Å²) in [6, 6.07) is 12.0. The van der Waals surface area contributed by atoms with E-state index in [1.165, 1.54) is 12.1 Å². The molecule has 0 amide bonds. The van der Waals surface area contributed by atoms with Crippen molar-refractivity contribution >= 4 is 5.96 Å². The predicted octanol–water partition coefficient (Wildman–Crippen LogP) is 3.16. The van der Waals surface area contributed by atoms with Gasteiger partial charge in [0, 0.05) is 32.1 Å². The lowest BCUT2D eigenvalue weighted by atomic mass is 10.1. The van der Waals surface area contributed by atoms with Gasteiger partial charge in [-0.1, -0.05) is 6.07 Å². The number of fused-ring (bicyclic) bond motifs is 1. The Kier molecular flexibility index (Phi) is 6.12. The van der Waals surface area contributed by atoms with Gasteiger partial charge in [-0.3, -0.25) is 4.99 Å². The van der Waals surface area contributed by atoms with E-state index in [0.29, 0.717) is 18.9 Å². The molecule has 8 heteroatoms. The van der Waals surface area contributed by atoms with E-state index in [1.807, 2.05) is 18.2 Å². The van der Waals surface area contributed by atoms with Gasteiger partial charge < -0.3 is 24.5 Å². The minimum absolute atomic E-state index is 0.282. The summed E-state index contributed by atoms with van der Waals surface area (Å²) in [5.74, 6) is 2.50. The number of nitrogens with zero attached hydrogens (tertiary/aromatic N) is 2. The molecule has 0 atom stereocenters. The summed E-state index contributed by atoms with van der Waals surface area (Å²) in [5.41, 5.74) is 2.73. The zero-order valence-electron chi connectivity index (χ0n) is 16.7. The highest BCUT2D eigenvalue weighted by atomic mass is 19.1. The maximum Gasteiger partial charge on any atom is 0.231 e. The molecule has 7 nitrogen and oxygen atoms in total. The summed E-state index contributed by atoms with van der Waals surface area (Å²) in [7, 11) is 1.73. The number of aliphatic imine (C=N–C) groups is 1. The van der Waals surface area contributed by atoms with Crippen molar-refractivity contribution < 1.29 is 18.3 Å². The number of hydrogen-bond acceptors (Lipinski definition) is 5. The van der Waals surface area contributed by atoms with Crippen LogP contribution in [0.1, 0.15) is 11.3 Å². The van der Waals surface area contributed by atoms with Crippen molar-refractivity contribution in [2.75, 3.05) is 26.9 Å². The molecule has 1 aliphatic heterocycles. The Morgan fingerprint density at radius 1 is 1.03 bits per heavy atom. The molecule has 156 valence electrons. The lowest BCUT2D eigenvalue weighted by Crippen LogP contribution is -2.39. The highest BCUT2D eigenvalue weighted by Gasteiger charge is 2.13. The smallest absolute Gasteiger partial charge is 0.231 e. The minimum Gasteiger partial charge on any atom is -0.454 e. The third kappa shape index (κ3) is 4.89. The Hall–Kier alpha value is -3.55. The van der Waals surface area contributed by atoms with Crippen LogP contribution in [-0.4, -0.2) is 37.9 Å². The molecular weight excluding hydrogens is 387 g/mol. The first kappa shape index (κ1) is 19.8. The highest BCUT2D eigenvalue weighted by molar-refractivity contribution is 5.79. The highest BCUT2D eigenvalue weighted by Crippen LogP contribution is 2.32. The Bertz CT molecular complexity index is 1020. The summed E-state index contributed by atoms with van der Waals surface area (Å²) < 4.78 is 29.3. The maximum atomic E-state index is 13.0.